The van der Waals surface area contributed by atoms with E-state index in [1.807, 2.05) is 121 Å². The van der Waals surface area contributed by atoms with E-state index in [1.165, 1.54) is 0 Å². The summed E-state index contributed by atoms with van der Waals surface area (Å²) in [5.41, 5.74) is 4.22. The maximum absolute atomic E-state index is 6.67. The van der Waals surface area contributed by atoms with E-state index in [2.05, 4.69) is 22.5 Å². The zero-order valence-electron chi connectivity index (χ0n) is 24.1. The standard InChI is InChI=1S/C37H37BrO5/c1-2-22-39-35-33(40-24-28-12-6-3-7-13-28)23-34(41-25-29-14-8-4-9-15-29)36(42-27-31-18-20-32(38)21-19-31)37(35)43-26-30-16-10-5-11-17-30/h2-21,23,33,35-37H,1,22,24-27H2/t33-,35+,36+,37-/m0/s1. The van der Waals surface area contributed by atoms with E-state index in [1.54, 1.807) is 6.08 Å². The van der Waals surface area contributed by atoms with Gasteiger partial charge in [-0.15, -0.1) is 6.58 Å². The number of rotatable bonds is 15. The Bertz CT molecular complexity index is 1410. The number of benzene rings is 4. The van der Waals surface area contributed by atoms with E-state index in [4.69, 9.17) is 23.7 Å². The largest absolute Gasteiger partial charge is 0.491 e. The summed E-state index contributed by atoms with van der Waals surface area (Å²) in [5, 5.41) is 0. The summed E-state index contributed by atoms with van der Waals surface area (Å²) < 4.78 is 33.7. The predicted octanol–water partition coefficient (Wildman–Crippen LogP) is 8.19. The average molecular weight is 642 g/mol. The van der Waals surface area contributed by atoms with Crippen molar-refractivity contribution in [1.29, 1.82) is 0 Å². The van der Waals surface area contributed by atoms with Gasteiger partial charge in [0.25, 0.3) is 0 Å². The Morgan fingerprint density at radius 1 is 0.558 bits per heavy atom. The first-order valence-corrected chi connectivity index (χ1v) is 15.3. The molecule has 0 amide bonds. The van der Waals surface area contributed by atoms with Crippen molar-refractivity contribution in [3.05, 3.63) is 166 Å². The maximum Gasteiger partial charge on any atom is 0.143 e. The predicted molar refractivity (Wildman–Crippen MR) is 172 cm³/mol. The Kier molecular flexibility index (Phi) is 11.8. The highest BCUT2D eigenvalue weighted by molar-refractivity contribution is 9.10. The van der Waals surface area contributed by atoms with E-state index in [0.717, 1.165) is 26.7 Å². The van der Waals surface area contributed by atoms with Crippen LogP contribution in [-0.4, -0.2) is 31.0 Å². The molecular weight excluding hydrogens is 604 g/mol. The molecule has 0 heterocycles. The number of ether oxygens (including phenoxy) is 5. The van der Waals surface area contributed by atoms with Crippen molar-refractivity contribution in [2.75, 3.05) is 6.61 Å². The van der Waals surface area contributed by atoms with Gasteiger partial charge in [0, 0.05) is 4.47 Å². The fraction of sp³-hybridized carbons (Fsp3) is 0.243. The molecule has 43 heavy (non-hydrogen) atoms. The fourth-order valence-corrected chi connectivity index (χ4v) is 5.18. The summed E-state index contributed by atoms with van der Waals surface area (Å²) in [4.78, 5) is 0. The van der Waals surface area contributed by atoms with Gasteiger partial charge in [0.1, 0.15) is 36.8 Å². The van der Waals surface area contributed by atoms with Crippen LogP contribution in [0.2, 0.25) is 0 Å². The van der Waals surface area contributed by atoms with Crippen LogP contribution in [0.5, 0.6) is 0 Å². The van der Waals surface area contributed by atoms with Gasteiger partial charge in [-0.1, -0.05) is 125 Å². The summed E-state index contributed by atoms with van der Waals surface area (Å²) in [6.45, 7) is 5.78. The van der Waals surface area contributed by atoms with Gasteiger partial charge in [0.2, 0.25) is 0 Å². The van der Waals surface area contributed by atoms with Gasteiger partial charge in [-0.05, 0) is 40.5 Å². The molecule has 0 N–H and O–H groups in total. The topological polar surface area (TPSA) is 46.2 Å². The third-order valence-corrected chi connectivity index (χ3v) is 7.65. The zero-order valence-corrected chi connectivity index (χ0v) is 25.7. The summed E-state index contributed by atoms with van der Waals surface area (Å²) in [6.07, 6.45) is 1.76. The molecule has 4 aromatic rings. The third-order valence-electron chi connectivity index (χ3n) is 7.12. The molecule has 4 atom stereocenters. The molecule has 1 aliphatic carbocycles. The van der Waals surface area contributed by atoms with E-state index < -0.39 is 24.4 Å². The molecule has 5 nitrogen and oxygen atoms in total. The van der Waals surface area contributed by atoms with Crippen LogP contribution in [0, 0.1) is 0 Å². The van der Waals surface area contributed by atoms with Crippen LogP contribution < -0.4 is 0 Å². The van der Waals surface area contributed by atoms with Crippen molar-refractivity contribution in [3.8, 4) is 0 Å². The Morgan fingerprint density at radius 3 is 1.65 bits per heavy atom. The lowest BCUT2D eigenvalue weighted by Gasteiger charge is -2.41. The van der Waals surface area contributed by atoms with Crippen LogP contribution in [0.3, 0.4) is 0 Å². The molecule has 0 radical (unpaired) electrons. The van der Waals surface area contributed by atoms with Crippen molar-refractivity contribution in [2.45, 2.75) is 50.8 Å². The molecule has 0 saturated carbocycles. The summed E-state index contributed by atoms with van der Waals surface area (Å²) >= 11 is 3.52. The lowest BCUT2D eigenvalue weighted by atomic mass is 9.93. The molecule has 0 saturated heterocycles. The molecule has 0 unspecified atom stereocenters. The second-order valence-electron chi connectivity index (χ2n) is 10.3. The average Bonchev–Trinajstić information content (AvgIpc) is 3.06. The molecule has 0 fully saturated rings. The molecule has 6 heteroatoms. The van der Waals surface area contributed by atoms with Crippen molar-refractivity contribution >= 4 is 15.9 Å². The molecule has 0 spiro atoms. The molecule has 0 aromatic heterocycles. The minimum Gasteiger partial charge on any atom is -0.491 e. The lowest BCUT2D eigenvalue weighted by Crippen LogP contribution is -2.53. The first-order valence-electron chi connectivity index (χ1n) is 14.5. The van der Waals surface area contributed by atoms with Crippen LogP contribution in [0.1, 0.15) is 22.3 Å². The monoisotopic (exact) mass is 640 g/mol. The molecule has 0 bridgehead atoms. The van der Waals surface area contributed by atoms with Crippen LogP contribution >= 0.6 is 15.9 Å². The first kappa shape index (κ1) is 30.9. The van der Waals surface area contributed by atoms with Gasteiger partial charge in [0.15, 0.2) is 0 Å². The normalized spacial score (nSPS) is 19.9. The van der Waals surface area contributed by atoms with Crippen LogP contribution in [0.15, 0.2) is 144 Å². The smallest absolute Gasteiger partial charge is 0.143 e. The van der Waals surface area contributed by atoms with Crippen molar-refractivity contribution in [1.82, 2.24) is 0 Å². The third kappa shape index (κ3) is 9.23. The number of halogens is 1. The quantitative estimate of drug-likeness (QED) is 0.123. The van der Waals surface area contributed by atoms with Gasteiger partial charge in [0.05, 0.1) is 26.4 Å². The molecular formula is C37H37BrO5. The van der Waals surface area contributed by atoms with Crippen LogP contribution in [0.4, 0.5) is 0 Å². The van der Waals surface area contributed by atoms with Gasteiger partial charge >= 0.3 is 0 Å². The van der Waals surface area contributed by atoms with Crippen molar-refractivity contribution < 1.29 is 23.7 Å². The van der Waals surface area contributed by atoms with Crippen molar-refractivity contribution in [3.63, 3.8) is 0 Å². The molecule has 4 aromatic carbocycles. The molecule has 1 aliphatic rings. The van der Waals surface area contributed by atoms with Gasteiger partial charge in [-0.2, -0.15) is 0 Å². The molecule has 222 valence electrons. The lowest BCUT2D eigenvalue weighted by molar-refractivity contribution is -0.185. The number of hydrogen-bond donors (Lipinski definition) is 0. The Morgan fingerprint density at radius 2 is 1.07 bits per heavy atom. The number of hydrogen-bond acceptors (Lipinski definition) is 5. The van der Waals surface area contributed by atoms with Gasteiger partial charge in [-0.3, -0.25) is 0 Å². The second kappa shape index (κ2) is 16.4. The van der Waals surface area contributed by atoms with Crippen molar-refractivity contribution in [2.24, 2.45) is 0 Å². The van der Waals surface area contributed by atoms with Crippen LogP contribution in [0.25, 0.3) is 0 Å². The summed E-state index contributed by atoms with van der Waals surface area (Å²) in [7, 11) is 0. The van der Waals surface area contributed by atoms with E-state index >= 15 is 0 Å². The SMILES string of the molecule is C=CCO[C@H]1[C@H](OCc2ccccc2)[C@H](OCc2ccc(Br)cc2)C(OCc2ccccc2)=C[C@@H]1OCc1ccccc1. The fourth-order valence-electron chi connectivity index (χ4n) is 4.91. The first-order chi connectivity index (χ1) is 21.2. The second-order valence-corrected chi connectivity index (χ2v) is 11.2. The minimum atomic E-state index is -0.539. The highest BCUT2D eigenvalue weighted by Gasteiger charge is 2.44. The van der Waals surface area contributed by atoms with Gasteiger partial charge in [-0.25, -0.2) is 0 Å². The zero-order chi connectivity index (χ0) is 29.7. The highest BCUT2D eigenvalue weighted by atomic mass is 79.9. The van der Waals surface area contributed by atoms with E-state index in [0.29, 0.717) is 38.8 Å². The Labute approximate surface area is 262 Å². The van der Waals surface area contributed by atoms with E-state index in [-0.39, 0.29) is 0 Å². The Balaban J connectivity index is 1.47. The minimum absolute atomic E-state index is 0.342. The maximum atomic E-state index is 6.67. The van der Waals surface area contributed by atoms with Gasteiger partial charge < -0.3 is 23.7 Å². The summed E-state index contributed by atoms with van der Waals surface area (Å²) in [5.74, 6) is 0.663. The summed E-state index contributed by atoms with van der Waals surface area (Å²) in [6, 6.07) is 38.4. The highest BCUT2D eigenvalue weighted by Crippen LogP contribution is 2.32. The Hall–Kier alpha value is -3.52. The molecule has 5 rings (SSSR count). The molecule has 0 aliphatic heterocycles. The van der Waals surface area contributed by atoms with E-state index in [9.17, 15) is 0 Å². The van der Waals surface area contributed by atoms with Crippen LogP contribution in [-0.2, 0) is 50.1 Å².